The fourth-order valence-corrected chi connectivity index (χ4v) is 4.01. The third-order valence-electron chi connectivity index (χ3n) is 4.28. The molecule has 3 aromatic rings. The maximum atomic E-state index is 4.65. The lowest BCUT2D eigenvalue weighted by Crippen LogP contribution is -2.36. The molecule has 112 valence electrons. The third kappa shape index (κ3) is 2.68. The first-order valence-electron chi connectivity index (χ1n) is 7.74. The van der Waals surface area contributed by atoms with Gasteiger partial charge in [-0.1, -0.05) is 6.07 Å². The number of hydrogen-bond donors (Lipinski definition) is 0. The highest BCUT2D eigenvalue weighted by Gasteiger charge is 2.23. The summed E-state index contributed by atoms with van der Waals surface area (Å²) in [6.45, 7) is 2.14. The van der Waals surface area contributed by atoms with Gasteiger partial charge in [-0.05, 0) is 60.5 Å². The van der Waals surface area contributed by atoms with Crippen LogP contribution in [-0.4, -0.2) is 27.4 Å². The molecule has 1 aliphatic heterocycles. The van der Waals surface area contributed by atoms with Gasteiger partial charge in [0.25, 0.3) is 0 Å². The van der Waals surface area contributed by atoms with E-state index in [9.17, 15) is 0 Å². The van der Waals surface area contributed by atoms with Crippen LogP contribution in [0.15, 0.2) is 42.9 Å². The van der Waals surface area contributed by atoms with Crippen molar-refractivity contribution in [1.29, 1.82) is 0 Å². The Morgan fingerprint density at radius 1 is 1.23 bits per heavy atom. The number of anilines is 1. The lowest BCUT2D eigenvalue weighted by Gasteiger charge is -2.33. The van der Waals surface area contributed by atoms with Gasteiger partial charge in [0.15, 0.2) is 5.82 Å². The van der Waals surface area contributed by atoms with Crippen molar-refractivity contribution in [2.75, 3.05) is 18.0 Å². The molecule has 5 heteroatoms. The Morgan fingerprint density at radius 2 is 2.18 bits per heavy atom. The molecule has 0 amide bonds. The summed E-state index contributed by atoms with van der Waals surface area (Å²) in [4.78, 5) is 11.2. The average Bonchev–Trinajstić information content (AvgIpc) is 3.00. The average molecular weight is 310 g/mol. The molecule has 0 aromatic carbocycles. The van der Waals surface area contributed by atoms with Crippen LogP contribution in [0, 0.1) is 5.92 Å². The zero-order valence-corrected chi connectivity index (χ0v) is 13.2. The Balaban J connectivity index is 1.53. The summed E-state index contributed by atoms with van der Waals surface area (Å²) < 4.78 is 5.83. The fraction of sp³-hybridized carbons (Fsp3) is 0.353. The van der Waals surface area contributed by atoms with E-state index in [4.69, 9.17) is 0 Å². The van der Waals surface area contributed by atoms with E-state index < -0.39 is 0 Å². The van der Waals surface area contributed by atoms with Crippen molar-refractivity contribution >= 4 is 27.6 Å². The van der Waals surface area contributed by atoms with Gasteiger partial charge in [-0.2, -0.15) is 4.37 Å². The van der Waals surface area contributed by atoms with Gasteiger partial charge >= 0.3 is 0 Å². The minimum absolute atomic E-state index is 0.665. The van der Waals surface area contributed by atoms with E-state index in [1.54, 1.807) is 11.5 Å². The quantitative estimate of drug-likeness (QED) is 0.742. The Kier molecular flexibility index (Phi) is 3.72. The molecular formula is C17H18N4S. The molecule has 1 unspecified atom stereocenters. The summed E-state index contributed by atoms with van der Waals surface area (Å²) in [6.07, 6.45) is 9.28. The Hall–Kier alpha value is -2.01. The molecule has 4 heterocycles. The second-order valence-corrected chi connectivity index (χ2v) is 6.68. The summed E-state index contributed by atoms with van der Waals surface area (Å²) in [5.74, 6) is 1.73. The van der Waals surface area contributed by atoms with E-state index in [2.05, 4.69) is 31.4 Å². The largest absolute Gasteiger partial charge is 0.354 e. The SMILES string of the molecule is c1cncc(CC2CCCN(c3nsc4cccnc34)C2)c1. The third-order valence-corrected chi connectivity index (χ3v) is 5.07. The highest BCUT2D eigenvalue weighted by atomic mass is 32.1. The Labute approximate surface area is 134 Å². The van der Waals surface area contributed by atoms with Crippen LogP contribution in [0.25, 0.3) is 10.2 Å². The summed E-state index contributed by atoms with van der Waals surface area (Å²) in [6, 6.07) is 8.27. The predicted octanol–water partition coefficient (Wildman–Crippen LogP) is 3.55. The summed E-state index contributed by atoms with van der Waals surface area (Å²) >= 11 is 1.55. The van der Waals surface area contributed by atoms with E-state index in [1.165, 1.54) is 23.1 Å². The van der Waals surface area contributed by atoms with Gasteiger partial charge < -0.3 is 4.90 Å². The van der Waals surface area contributed by atoms with Crippen molar-refractivity contribution in [3.8, 4) is 0 Å². The minimum Gasteiger partial charge on any atom is -0.354 e. The normalized spacial score (nSPS) is 18.7. The van der Waals surface area contributed by atoms with Gasteiger partial charge in [-0.25, -0.2) is 0 Å². The van der Waals surface area contributed by atoms with E-state index in [-0.39, 0.29) is 0 Å². The molecule has 1 atom stereocenters. The monoisotopic (exact) mass is 310 g/mol. The van der Waals surface area contributed by atoms with Crippen molar-refractivity contribution in [1.82, 2.24) is 14.3 Å². The van der Waals surface area contributed by atoms with Gasteiger partial charge in [0.2, 0.25) is 0 Å². The Bertz CT molecular complexity index is 755. The highest BCUT2D eigenvalue weighted by molar-refractivity contribution is 7.13. The first kappa shape index (κ1) is 13.6. The fourth-order valence-electron chi connectivity index (χ4n) is 3.25. The molecule has 1 fully saturated rings. The molecule has 3 aromatic heterocycles. The molecule has 4 nitrogen and oxygen atoms in total. The van der Waals surface area contributed by atoms with Gasteiger partial charge in [-0.3, -0.25) is 9.97 Å². The van der Waals surface area contributed by atoms with Crippen LogP contribution in [0.2, 0.25) is 0 Å². The summed E-state index contributed by atoms with van der Waals surface area (Å²) in [5.41, 5.74) is 2.38. The number of hydrogen-bond acceptors (Lipinski definition) is 5. The second kappa shape index (κ2) is 6.01. The van der Waals surface area contributed by atoms with Crippen LogP contribution >= 0.6 is 11.5 Å². The smallest absolute Gasteiger partial charge is 0.168 e. The van der Waals surface area contributed by atoms with Crippen LogP contribution in [0.4, 0.5) is 5.82 Å². The van der Waals surface area contributed by atoms with Gasteiger partial charge in [0.05, 0.1) is 4.70 Å². The molecule has 22 heavy (non-hydrogen) atoms. The number of piperidine rings is 1. The number of fused-ring (bicyclic) bond motifs is 1. The number of pyridine rings is 2. The van der Waals surface area contributed by atoms with E-state index in [1.807, 2.05) is 30.7 Å². The molecule has 1 aliphatic rings. The van der Waals surface area contributed by atoms with Gasteiger partial charge in [-0.15, -0.1) is 0 Å². The number of rotatable bonds is 3. The van der Waals surface area contributed by atoms with Crippen molar-refractivity contribution < 1.29 is 0 Å². The molecule has 1 saturated heterocycles. The van der Waals surface area contributed by atoms with E-state index >= 15 is 0 Å². The van der Waals surface area contributed by atoms with Crippen LogP contribution < -0.4 is 4.90 Å². The van der Waals surface area contributed by atoms with Crippen molar-refractivity contribution in [2.45, 2.75) is 19.3 Å². The molecule has 0 radical (unpaired) electrons. The number of nitrogens with zero attached hydrogens (tertiary/aromatic N) is 4. The Morgan fingerprint density at radius 3 is 3.09 bits per heavy atom. The van der Waals surface area contributed by atoms with Crippen LogP contribution in [0.5, 0.6) is 0 Å². The first-order chi connectivity index (χ1) is 10.9. The standard InChI is InChI=1S/C17H18N4S/c1-4-13(11-18-7-1)10-14-5-3-9-21(12-14)17-16-15(22-20-17)6-2-8-19-16/h1-2,4,6-8,11,14H,3,5,9-10,12H2. The van der Waals surface area contributed by atoms with E-state index in [0.29, 0.717) is 5.92 Å². The zero-order chi connectivity index (χ0) is 14.8. The molecule has 4 rings (SSSR count). The summed E-state index contributed by atoms with van der Waals surface area (Å²) in [7, 11) is 0. The van der Waals surface area contributed by atoms with Crippen molar-refractivity contribution in [3.05, 3.63) is 48.4 Å². The number of aromatic nitrogens is 3. The maximum absolute atomic E-state index is 4.65. The van der Waals surface area contributed by atoms with Crippen LogP contribution in [0.1, 0.15) is 18.4 Å². The zero-order valence-electron chi connectivity index (χ0n) is 12.4. The highest BCUT2D eigenvalue weighted by Crippen LogP contribution is 2.31. The lowest BCUT2D eigenvalue weighted by molar-refractivity contribution is 0.412. The van der Waals surface area contributed by atoms with Gasteiger partial charge in [0.1, 0.15) is 5.52 Å². The lowest BCUT2D eigenvalue weighted by atomic mass is 9.92. The minimum atomic E-state index is 0.665. The molecule has 0 N–H and O–H groups in total. The van der Waals surface area contributed by atoms with Crippen molar-refractivity contribution in [2.24, 2.45) is 5.92 Å². The second-order valence-electron chi connectivity index (χ2n) is 5.88. The molecule has 0 bridgehead atoms. The first-order valence-corrected chi connectivity index (χ1v) is 8.52. The topological polar surface area (TPSA) is 41.9 Å². The van der Waals surface area contributed by atoms with Crippen LogP contribution in [0.3, 0.4) is 0 Å². The van der Waals surface area contributed by atoms with Crippen molar-refractivity contribution in [3.63, 3.8) is 0 Å². The molecular weight excluding hydrogens is 292 g/mol. The summed E-state index contributed by atoms with van der Waals surface area (Å²) in [5, 5.41) is 0. The molecule has 0 aliphatic carbocycles. The molecule has 0 spiro atoms. The maximum Gasteiger partial charge on any atom is 0.168 e. The van der Waals surface area contributed by atoms with Crippen LogP contribution in [-0.2, 0) is 6.42 Å². The predicted molar refractivity (Wildman–Crippen MR) is 90.3 cm³/mol. The van der Waals surface area contributed by atoms with Gasteiger partial charge in [0, 0.05) is 31.7 Å². The van der Waals surface area contributed by atoms with E-state index in [0.717, 1.165) is 30.8 Å². The molecule has 0 saturated carbocycles.